The molecule has 1 heterocycles. The molecule has 0 atom stereocenters. The van der Waals surface area contributed by atoms with E-state index in [1.165, 1.54) is 4.90 Å². The van der Waals surface area contributed by atoms with Gasteiger partial charge in [0, 0.05) is 17.8 Å². The summed E-state index contributed by atoms with van der Waals surface area (Å²) in [6, 6.07) is 4.99. The molecule has 102 valence electrons. The molecule has 0 fully saturated rings. The highest BCUT2D eigenvalue weighted by Gasteiger charge is 2.40. The number of benzene rings is 1. The van der Waals surface area contributed by atoms with Gasteiger partial charge in [0.2, 0.25) is 0 Å². The number of rotatable bonds is 3. The molecular weight excluding hydrogens is 242 g/mol. The molecule has 0 saturated heterocycles. The van der Waals surface area contributed by atoms with Crippen LogP contribution >= 0.6 is 0 Å². The van der Waals surface area contributed by atoms with E-state index in [9.17, 15) is 9.59 Å². The number of anilines is 1. The quantitative estimate of drug-likeness (QED) is 0.656. The van der Waals surface area contributed by atoms with Crippen LogP contribution in [0, 0.1) is 0 Å². The minimum atomic E-state index is -0.298. The minimum Gasteiger partial charge on any atom is -0.398 e. The second-order valence-electron chi connectivity index (χ2n) is 5.67. The lowest BCUT2D eigenvalue weighted by molar-refractivity contribution is 0.0547. The predicted molar refractivity (Wildman–Crippen MR) is 74.0 cm³/mol. The lowest BCUT2D eigenvalue weighted by atomic mass is 10.0. The van der Waals surface area contributed by atoms with Crippen LogP contribution in [-0.2, 0) is 0 Å². The van der Waals surface area contributed by atoms with Crippen molar-refractivity contribution in [2.24, 2.45) is 0 Å². The van der Waals surface area contributed by atoms with Crippen LogP contribution in [0.3, 0.4) is 0 Å². The Hall–Kier alpha value is -1.88. The molecule has 0 unspecified atom stereocenters. The van der Waals surface area contributed by atoms with Gasteiger partial charge in [0.1, 0.15) is 0 Å². The first-order valence-corrected chi connectivity index (χ1v) is 6.18. The van der Waals surface area contributed by atoms with Crippen molar-refractivity contribution in [3.05, 3.63) is 29.3 Å². The summed E-state index contributed by atoms with van der Waals surface area (Å²) in [5.41, 5.74) is 6.61. The highest BCUT2D eigenvalue weighted by Crippen LogP contribution is 2.29. The van der Waals surface area contributed by atoms with Crippen molar-refractivity contribution in [3.8, 4) is 0 Å². The van der Waals surface area contributed by atoms with Crippen LogP contribution in [0.15, 0.2) is 18.2 Å². The molecule has 2 amide bonds. The van der Waals surface area contributed by atoms with Crippen LogP contribution in [0.4, 0.5) is 5.69 Å². The van der Waals surface area contributed by atoms with Crippen molar-refractivity contribution in [2.45, 2.75) is 19.4 Å². The molecule has 1 aromatic carbocycles. The third-order valence-corrected chi connectivity index (χ3v) is 3.79. The maximum atomic E-state index is 12.3. The standard InChI is InChI=1S/C14H19N3O2/c1-14(2,16(3)4)8-17-12(18)9-6-5-7-10(15)11(9)13(17)19/h5-7H,8,15H2,1-4H3. The number of imide groups is 1. The highest BCUT2D eigenvalue weighted by molar-refractivity contribution is 6.23. The molecule has 1 aliphatic rings. The number of nitrogens with two attached hydrogens (primary N) is 1. The Labute approximate surface area is 113 Å². The maximum Gasteiger partial charge on any atom is 0.263 e. The normalized spacial score (nSPS) is 15.3. The largest absolute Gasteiger partial charge is 0.398 e. The third kappa shape index (κ3) is 2.10. The maximum absolute atomic E-state index is 12.3. The van der Waals surface area contributed by atoms with Crippen molar-refractivity contribution in [1.29, 1.82) is 0 Å². The lowest BCUT2D eigenvalue weighted by Gasteiger charge is -2.35. The van der Waals surface area contributed by atoms with Gasteiger partial charge < -0.3 is 10.6 Å². The van der Waals surface area contributed by atoms with E-state index in [1.54, 1.807) is 18.2 Å². The predicted octanol–water partition coefficient (Wildman–Crippen LogP) is 1.20. The fourth-order valence-electron chi connectivity index (χ4n) is 2.03. The molecule has 0 saturated carbocycles. The zero-order chi connectivity index (χ0) is 14.4. The first kappa shape index (κ1) is 13.5. The van der Waals surface area contributed by atoms with Crippen LogP contribution in [-0.4, -0.2) is 47.8 Å². The molecule has 19 heavy (non-hydrogen) atoms. The SMILES string of the molecule is CN(C)C(C)(C)CN1C(=O)c2cccc(N)c2C1=O. The average Bonchev–Trinajstić information content (AvgIpc) is 2.55. The van der Waals surface area contributed by atoms with Gasteiger partial charge in [-0.1, -0.05) is 6.07 Å². The van der Waals surface area contributed by atoms with Crippen LogP contribution < -0.4 is 5.73 Å². The number of hydrogen-bond acceptors (Lipinski definition) is 4. The smallest absolute Gasteiger partial charge is 0.263 e. The Morgan fingerprint density at radius 1 is 1.21 bits per heavy atom. The summed E-state index contributed by atoms with van der Waals surface area (Å²) < 4.78 is 0. The first-order valence-electron chi connectivity index (χ1n) is 6.18. The van der Waals surface area contributed by atoms with Crippen LogP contribution in [0.25, 0.3) is 0 Å². The van der Waals surface area contributed by atoms with E-state index < -0.39 is 0 Å². The fraction of sp³-hybridized carbons (Fsp3) is 0.429. The van der Waals surface area contributed by atoms with E-state index >= 15 is 0 Å². The molecule has 0 bridgehead atoms. The molecular formula is C14H19N3O2. The topological polar surface area (TPSA) is 66.6 Å². The van der Waals surface area contributed by atoms with E-state index in [0.717, 1.165) is 0 Å². The number of carbonyl (C=O) groups excluding carboxylic acids is 2. The molecule has 0 spiro atoms. The average molecular weight is 261 g/mol. The van der Waals surface area contributed by atoms with E-state index in [-0.39, 0.29) is 17.4 Å². The van der Waals surface area contributed by atoms with Crippen molar-refractivity contribution in [2.75, 3.05) is 26.4 Å². The van der Waals surface area contributed by atoms with Crippen molar-refractivity contribution in [3.63, 3.8) is 0 Å². The van der Waals surface area contributed by atoms with Crippen molar-refractivity contribution >= 4 is 17.5 Å². The van der Waals surface area contributed by atoms with Crippen molar-refractivity contribution in [1.82, 2.24) is 9.80 Å². The van der Waals surface area contributed by atoms with Crippen molar-refractivity contribution < 1.29 is 9.59 Å². The van der Waals surface area contributed by atoms with E-state index in [4.69, 9.17) is 5.73 Å². The summed E-state index contributed by atoms with van der Waals surface area (Å²) in [4.78, 5) is 27.9. The fourth-order valence-corrected chi connectivity index (χ4v) is 2.03. The molecule has 1 aromatic rings. The summed E-state index contributed by atoms with van der Waals surface area (Å²) in [5, 5.41) is 0. The number of hydrogen-bond donors (Lipinski definition) is 1. The zero-order valence-corrected chi connectivity index (χ0v) is 11.7. The Morgan fingerprint density at radius 2 is 1.84 bits per heavy atom. The van der Waals surface area contributed by atoms with Gasteiger partial charge in [-0.15, -0.1) is 0 Å². The van der Waals surface area contributed by atoms with Crippen LogP contribution in [0.1, 0.15) is 34.6 Å². The second-order valence-corrected chi connectivity index (χ2v) is 5.67. The Balaban J connectivity index is 2.36. The highest BCUT2D eigenvalue weighted by atomic mass is 16.2. The van der Waals surface area contributed by atoms with E-state index in [2.05, 4.69) is 0 Å². The summed E-state index contributed by atoms with van der Waals surface area (Å²) >= 11 is 0. The number of nitrogens with zero attached hydrogens (tertiary/aromatic N) is 2. The van der Waals surface area contributed by atoms with Gasteiger partial charge in [0.25, 0.3) is 11.8 Å². The molecule has 2 N–H and O–H groups in total. The minimum absolute atomic E-state index is 0.262. The van der Waals surface area contributed by atoms with Gasteiger partial charge in [0.05, 0.1) is 11.1 Å². The third-order valence-electron chi connectivity index (χ3n) is 3.79. The molecule has 5 heteroatoms. The van der Waals surface area contributed by atoms with E-state index in [0.29, 0.717) is 23.4 Å². The van der Waals surface area contributed by atoms with Crippen LogP contribution in [0.5, 0.6) is 0 Å². The van der Waals surface area contributed by atoms with Gasteiger partial charge in [-0.2, -0.15) is 0 Å². The zero-order valence-electron chi connectivity index (χ0n) is 11.7. The molecule has 1 aliphatic heterocycles. The summed E-state index contributed by atoms with van der Waals surface area (Å²) in [7, 11) is 3.85. The Bertz CT molecular complexity index is 550. The molecule has 0 aliphatic carbocycles. The molecule has 2 rings (SSSR count). The number of nitrogen functional groups attached to an aromatic ring is 1. The van der Waals surface area contributed by atoms with Crippen LogP contribution in [0.2, 0.25) is 0 Å². The molecule has 0 radical (unpaired) electrons. The van der Waals surface area contributed by atoms with E-state index in [1.807, 2.05) is 32.8 Å². The lowest BCUT2D eigenvalue weighted by Crippen LogP contribution is -2.50. The summed E-state index contributed by atoms with van der Waals surface area (Å²) in [6.07, 6.45) is 0. The second kappa shape index (κ2) is 4.35. The molecule has 5 nitrogen and oxygen atoms in total. The number of amides is 2. The Kier molecular flexibility index (Phi) is 3.10. The summed E-state index contributed by atoms with van der Waals surface area (Å²) in [6.45, 7) is 4.31. The van der Waals surface area contributed by atoms with Gasteiger partial charge in [-0.05, 0) is 40.1 Å². The van der Waals surface area contributed by atoms with Gasteiger partial charge in [-0.25, -0.2) is 0 Å². The van der Waals surface area contributed by atoms with Gasteiger partial charge in [0.15, 0.2) is 0 Å². The van der Waals surface area contributed by atoms with Gasteiger partial charge in [-0.3, -0.25) is 14.5 Å². The first-order chi connectivity index (χ1) is 8.75. The molecule has 0 aromatic heterocycles. The number of fused-ring (bicyclic) bond motifs is 1. The number of likely N-dealkylation sites (N-methyl/N-ethyl adjacent to an activating group) is 1. The monoisotopic (exact) mass is 261 g/mol. The summed E-state index contributed by atoms with van der Waals surface area (Å²) in [5.74, 6) is -0.560. The Morgan fingerprint density at radius 3 is 2.37 bits per heavy atom. The number of carbonyl (C=O) groups is 2. The van der Waals surface area contributed by atoms with Gasteiger partial charge >= 0.3 is 0 Å².